The Kier molecular flexibility index (Phi) is 13.9. The maximum Gasteiger partial charge on any atom is 0.344 e. The number of ketones is 5. The smallest absolute Gasteiger partial charge is 0.344 e. The molecule has 0 aliphatic carbocycles. The molecule has 0 bridgehead atoms. The van der Waals surface area contributed by atoms with Gasteiger partial charge in [0.15, 0.2) is 34.3 Å². The molecule has 0 spiro atoms. The minimum absolute atomic E-state index is 0.237. The van der Waals surface area contributed by atoms with Crippen LogP contribution < -0.4 is 16.0 Å². The SMILES string of the molecule is CCC[C@H](NC)C(=O)C(C)(O)C(=O)CC(O)(C(=O)[C@@H](C)NC)C(=O)C(O)(CC(=O)[C@@H](NC)C(C)CC)C(=O)O. The second kappa shape index (κ2) is 14.8. The third-order valence-corrected chi connectivity index (χ3v) is 7.32. The van der Waals surface area contributed by atoms with Gasteiger partial charge < -0.3 is 36.4 Å². The normalized spacial score (nSPS) is 19.4. The molecule has 0 aromatic heterocycles. The number of Topliss-reactive ketones (excluding diaryl/α,β-unsaturated/α-hetero) is 5. The Morgan fingerprint density at radius 2 is 1.33 bits per heavy atom. The van der Waals surface area contributed by atoms with E-state index in [1.54, 1.807) is 20.8 Å². The van der Waals surface area contributed by atoms with Crippen LogP contribution in [0.15, 0.2) is 0 Å². The standard InChI is InChI=1S/C26H45N3O10/c1-9-11-16(28-7)21(33)24(5,37)18(31)13-25(38,20(32)15(4)27-6)22(34)26(39,23(35)36)12-17(30)19(29-8)14(3)10-2/h14-16,19,27-29,37-39H,9-13H2,1-8H3,(H,35,36)/t14?,15-,16+,19+,24?,25?,26?/m1/s1. The van der Waals surface area contributed by atoms with E-state index in [4.69, 9.17) is 0 Å². The summed E-state index contributed by atoms with van der Waals surface area (Å²) in [5.74, 6) is -9.31. The number of hydrogen-bond acceptors (Lipinski definition) is 12. The highest BCUT2D eigenvalue weighted by atomic mass is 16.4. The van der Waals surface area contributed by atoms with Crippen molar-refractivity contribution in [3.05, 3.63) is 0 Å². The highest BCUT2D eigenvalue weighted by Crippen LogP contribution is 2.30. The van der Waals surface area contributed by atoms with Crippen LogP contribution in [0.1, 0.15) is 66.7 Å². The first-order valence-corrected chi connectivity index (χ1v) is 13.0. The van der Waals surface area contributed by atoms with Gasteiger partial charge >= 0.3 is 5.97 Å². The van der Waals surface area contributed by atoms with Crippen molar-refractivity contribution in [2.45, 2.75) is 102 Å². The molecule has 13 heteroatoms. The number of carbonyl (C=O) groups excluding carboxylic acids is 5. The topological polar surface area (TPSA) is 219 Å². The third-order valence-electron chi connectivity index (χ3n) is 7.32. The second-order valence-electron chi connectivity index (χ2n) is 10.2. The average Bonchev–Trinajstić information content (AvgIpc) is 2.89. The summed E-state index contributed by atoms with van der Waals surface area (Å²) in [6.45, 7) is 7.26. The molecule has 0 radical (unpaired) electrons. The van der Waals surface area contributed by atoms with Crippen molar-refractivity contribution >= 4 is 34.9 Å². The monoisotopic (exact) mass is 559 g/mol. The Morgan fingerprint density at radius 1 is 0.795 bits per heavy atom. The van der Waals surface area contributed by atoms with E-state index in [1.165, 1.54) is 28.1 Å². The zero-order chi connectivity index (χ0) is 30.9. The number of carbonyl (C=O) groups is 6. The van der Waals surface area contributed by atoms with E-state index >= 15 is 0 Å². The van der Waals surface area contributed by atoms with Crippen LogP contribution in [-0.2, 0) is 28.8 Å². The number of hydrogen-bond donors (Lipinski definition) is 7. The van der Waals surface area contributed by atoms with Crippen LogP contribution in [0.25, 0.3) is 0 Å². The second-order valence-corrected chi connectivity index (χ2v) is 10.2. The lowest BCUT2D eigenvalue weighted by Crippen LogP contribution is -2.66. The molecule has 0 aromatic carbocycles. The summed E-state index contributed by atoms with van der Waals surface area (Å²) in [5.41, 5.74) is -9.91. The summed E-state index contributed by atoms with van der Waals surface area (Å²) < 4.78 is 0. The number of nitrogens with one attached hydrogen (secondary N) is 3. The van der Waals surface area contributed by atoms with E-state index < -0.39 is 82.7 Å². The zero-order valence-electron chi connectivity index (χ0n) is 24.1. The van der Waals surface area contributed by atoms with Gasteiger partial charge in [0.05, 0.1) is 31.0 Å². The van der Waals surface area contributed by atoms with Crippen LogP contribution in [-0.4, -0.2) is 111 Å². The molecule has 0 rings (SSSR count). The molecule has 0 aliphatic heterocycles. The molecule has 0 fully saturated rings. The van der Waals surface area contributed by atoms with Crippen LogP contribution >= 0.6 is 0 Å². The van der Waals surface area contributed by atoms with Crippen LogP contribution in [0.3, 0.4) is 0 Å². The van der Waals surface area contributed by atoms with Crippen LogP contribution in [0.4, 0.5) is 0 Å². The lowest BCUT2D eigenvalue weighted by molar-refractivity contribution is -0.181. The summed E-state index contributed by atoms with van der Waals surface area (Å²) in [4.78, 5) is 78.0. The van der Waals surface area contributed by atoms with E-state index in [2.05, 4.69) is 16.0 Å². The summed E-state index contributed by atoms with van der Waals surface area (Å²) in [6.07, 6.45) is -1.61. The molecule has 0 aromatic rings. The number of aliphatic carboxylic acids is 1. The summed E-state index contributed by atoms with van der Waals surface area (Å²) in [7, 11) is 4.14. The molecule has 224 valence electrons. The first kappa shape index (κ1) is 36.6. The fourth-order valence-corrected chi connectivity index (χ4v) is 4.30. The number of likely N-dealkylation sites (N-methyl/N-ethyl adjacent to an activating group) is 3. The maximum atomic E-state index is 13.6. The summed E-state index contributed by atoms with van der Waals surface area (Å²) >= 11 is 0. The lowest BCUT2D eigenvalue weighted by Gasteiger charge is -2.35. The zero-order valence-corrected chi connectivity index (χ0v) is 24.1. The van der Waals surface area contributed by atoms with Gasteiger partial charge in [-0.05, 0) is 47.3 Å². The molecule has 0 saturated carbocycles. The Morgan fingerprint density at radius 3 is 1.72 bits per heavy atom. The van der Waals surface area contributed by atoms with Crippen LogP contribution in [0.5, 0.6) is 0 Å². The number of carboxylic acids is 1. The molecule has 7 N–H and O–H groups in total. The van der Waals surface area contributed by atoms with Crippen LogP contribution in [0, 0.1) is 5.92 Å². The molecule has 13 nitrogen and oxygen atoms in total. The number of rotatable bonds is 20. The largest absolute Gasteiger partial charge is 0.479 e. The molecule has 0 amide bonds. The van der Waals surface area contributed by atoms with Crippen molar-refractivity contribution in [2.24, 2.45) is 5.92 Å². The molecular formula is C26H45N3O10. The third kappa shape index (κ3) is 8.05. The minimum atomic E-state index is -3.61. The fourth-order valence-electron chi connectivity index (χ4n) is 4.30. The van der Waals surface area contributed by atoms with Gasteiger partial charge in [-0.15, -0.1) is 0 Å². The van der Waals surface area contributed by atoms with E-state index in [1.807, 2.05) is 0 Å². The molecule has 0 saturated heterocycles. The van der Waals surface area contributed by atoms with E-state index in [-0.39, 0.29) is 12.3 Å². The molecule has 0 aliphatic rings. The van der Waals surface area contributed by atoms with Gasteiger partial charge in [0.25, 0.3) is 0 Å². The quantitative estimate of drug-likeness (QED) is 0.0849. The number of aliphatic hydroxyl groups is 3. The lowest BCUT2D eigenvalue weighted by atomic mass is 9.72. The predicted octanol–water partition coefficient (Wildman–Crippen LogP) is -1.46. The Labute approximate surface area is 229 Å². The van der Waals surface area contributed by atoms with Crippen molar-refractivity contribution in [3.63, 3.8) is 0 Å². The van der Waals surface area contributed by atoms with Gasteiger partial charge in [-0.2, -0.15) is 0 Å². The minimum Gasteiger partial charge on any atom is -0.479 e. The Balaban J connectivity index is 6.74. The number of carboxylic acid groups (broad SMARTS) is 1. The highest BCUT2D eigenvalue weighted by Gasteiger charge is 2.61. The maximum absolute atomic E-state index is 13.6. The van der Waals surface area contributed by atoms with E-state index in [0.717, 1.165) is 6.92 Å². The van der Waals surface area contributed by atoms with E-state index in [9.17, 15) is 49.2 Å². The van der Waals surface area contributed by atoms with Gasteiger partial charge in [0.1, 0.15) is 0 Å². The first-order chi connectivity index (χ1) is 17.9. The molecule has 4 unspecified atom stereocenters. The first-order valence-electron chi connectivity index (χ1n) is 13.0. The molecular weight excluding hydrogens is 514 g/mol. The van der Waals surface area contributed by atoms with Gasteiger partial charge in [0.2, 0.25) is 11.4 Å². The van der Waals surface area contributed by atoms with Crippen molar-refractivity contribution in [1.29, 1.82) is 0 Å². The highest BCUT2D eigenvalue weighted by molar-refractivity contribution is 6.25. The predicted molar refractivity (Wildman–Crippen MR) is 141 cm³/mol. The van der Waals surface area contributed by atoms with Crippen LogP contribution in [0.2, 0.25) is 0 Å². The molecule has 0 heterocycles. The molecule has 7 atom stereocenters. The Hall–Kier alpha value is -2.42. The van der Waals surface area contributed by atoms with Crippen molar-refractivity contribution in [3.8, 4) is 0 Å². The van der Waals surface area contributed by atoms with Crippen molar-refractivity contribution < 1.29 is 49.2 Å². The van der Waals surface area contributed by atoms with Gasteiger partial charge in [0, 0.05) is 0 Å². The molecule has 39 heavy (non-hydrogen) atoms. The van der Waals surface area contributed by atoms with Crippen molar-refractivity contribution in [2.75, 3.05) is 21.1 Å². The van der Waals surface area contributed by atoms with E-state index in [0.29, 0.717) is 12.8 Å². The summed E-state index contributed by atoms with van der Waals surface area (Å²) in [6, 6.07) is -3.28. The van der Waals surface area contributed by atoms with Crippen molar-refractivity contribution in [1.82, 2.24) is 16.0 Å². The van der Waals surface area contributed by atoms with Gasteiger partial charge in [-0.1, -0.05) is 33.6 Å². The average molecular weight is 560 g/mol. The van der Waals surface area contributed by atoms with Gasteiger partial charge in [-0.25, -0.2) is 4.79 Å². The Bertz CT molecular complexity index is 937. The van der Waals surface area contributed by atoms with Gasteiger partial charge in [-0.3, -0.25) is 24.0 Å². The summed E-state index contributed by atoms with van der Waals surface area (Å²) in [5, 5.41) is 50.8. The fraction of sp³-hybridized carbons (Fsp3) is 0.769.